The molecule has 0 atom stereocenters. The third-order valence-electron chi connectivity index (χ3n) is 4.15. The number of pyridine rings is 1. The number of nitrogens with zero attached hydrogens (tertiary/aromatic N) is 3. The molecule has 0 saturated heterocycles. The first-order valence-corrected chi connectivity index (χ1v) is 8.67. The number of aromatic nitrogens is 2. The number of carboxylic acids is 1. The molecule has 0 aliphatic carbocycles. The van der Waals surface area contributed by atoms with Crippen LogP contribution >= 0.6 is 11.6 Å². The fraction of sp³-hybridized carbons (Fsp3) is 0.158. The average Bonchev–Trinajstić information content (AvgIpc) is 3.03. The zero-order valence-corrected chi connectivity index (χ0v) is 15.9. The van der Waals surface area contributed by atoms with Gasteiger partial charge in [0.15, 0.2) is 17.1 Å². The molecule has 0 radical (unpaired) electrons. The summed E-state index contributed by atoms with van der Waals surface area (Å²) in [6.45, 7) is -0.356. The SMILES string of the molecule is COc1cccc(Cn2cc(Cl)c3c(O)c(C(=O)NCC(=O)O)nc(C#N)c32)c1. The molecule has 1 aromatic carbocycles. The van der Waals surface area contributed by atoms with E-state index in [0.29, 0.717) is 12.3 Å². The third-order valence-corrected chi connectivity index (χ3v) is 4.44. The topological polar surface area (TPSA) is 137 Å². The fourth-order valence-corrected chi connectivity index (χ4v) is 3.20. The maximum Gasteiger partial charge on any atom is 0.322 e. The zero-order chi connectivity index (χ0) is 21.1. The van der Waals surface area contributed by atoms with Gasteiger partial charge in [-0.2, -0.15) is 5.26 Å². The van der Waals surface area contributed by atoms with Crippen molar-refractivity contribution >= 4 is 34.4 Å². The maximum absolute atomic E-state index is 12.2. The van der Waals surface area contributed by atoms with E-state index in [2.05, 4.69) is 10.3 Å². The number of hydrogen-bond donors (Lipinski definition) is 3. The highest BCUT2D eigenvalue weighted by Gasteiger charge is 2.24. The molecule has 3 aromatic rings. The quantitative estimate of drug-likeness (QED) is 0.561. The first-order valence-electron chi connectivity index (χ1n) is 8.30. The summed E-state index contributed by atoms with van der Waals surface area (Å²) in [6.07, 6.45) is 1.52. The Morgan fingerprint density at radius 2 is 2.17 bits per heavy atom. The van der Waals surface area contributed by atoms with Crippen molar-refractivity contribution in [3.63, 3.8) is 0 Å². The van der Waals surface area contributed by atoms with Crippen molar-refractivity contribution in [2.45, 2.75) is 6.54 Å². The molecule has 148 valence electrons. The molecule has 0 bridgehead atoms. The second-order valence-corrected chi connectivity index (χ2v) is 6.43. The van der Waals surface area contributed by atoms with Gasteiger partial charge in [-0.25, -0.2) is 4.98 Å². The van der Waals surface area contributed by atoms with Crippen LogP contribution in [-0.4, -0.2) is 45.3 Å². The Hall–Kier alpha value is -3.77. The number of carbonyl (C=O) groups is 2. The summed E-state index contributed by atoms with van der Waals surface area (Å²) in [7, 11) is 1.55. The standard InChI is InChI=1S/C19H15ClN4O5/c1-29-11-4-2-3-10(5-11)8-24-9-12(20)15-17(24)13(6-21)23-16(18(15)27)19(28)22-7-14(25)26/h2-5,9,27H,7-8H2,1H3,(H,22,28)(H,25,26). The predicted octanol–water partition coefficient (Wildman–Crippen LogP) is 2.14. The van der Waals surface area contributed by atoms with Gasteiger partial charge in [-0.05, 0) is 17.7 Å². The Morgan fingerprint density at radius 3 is 2.83 bits per heavy atom. The molecule has 0 spiro atoms. The Bertz CT molecular complexity index is 1170. The Morgan fingerprint density at radius 1 is 1.41 bits per heavy atom. The summed E-state index contributed by atoms with van der Waals surface area (Å²) in [5, 5.41) is 31.1. The van der Waals surface area contributed by atoms with Crippen molar-refractivity contribution in [2.75, 3.05) is 13.7 Å². The van der Waals surface area contributed by atoms with Gasteiger partial charge in [0.1, 0.15) is 18.4 Å². The van der Waals surface area contributed by atoms with Crippen LogP contribution in [0.5, 0.6) is 11.5 Å². The molecule has 0 unspecified atom stereocenters. The Balaban J connectivity index is 2.11. The number of hydrogen-bond acceptors (Lipinski definition) is 6. The van der Waals surface area contributed by atoms with E-state index in [1.54, 1.807) is 17.7 Å². The molecule has 3 rings (SSSR count). The van der Waals surface area contributed by atoms with E-state index in [0.717, 1.165) is 5.56 Å². The molecular formula is C19H15ClN4O5. The number of halogens is 1. The lowest BCUT2D eigenvalue weighted by Crippen LogP contribution is -2.30. The number of ether oxygens (including phenoxy) is 1. The average molecular weight is 415 g/mol. The number of nitrogens with one attached hydrogen (secondary N) is 1. The van der Waals surface area contributed by atoms with Gasteiger partial charge in [0.25, 0.3) is 5.91 Å². The molecule has 2 aromatic heterocycles. The summed E-state index contributed by atoms with van der Waals surface area (Å²) in [6, 6.07) is 9.17. The number of carbonyl (C=O) groups excluding carboxylic acids is 1. The lowest BCUT2D eigenvalue weighted by Gasteiger charge is -2.10. The van der Waals surface area contributed by atoms with Gasteiger partial charge < -0.3 is 24.8 Å². The summed E-state index contributed by atoms with van der Waals surface area (Å²) >= 11 is 6.27. The van der Waals surface area contributed by atoms with Crippen LogP contribution in [0.2, 0.25) is 5.02 Å². The number of benzene rings is 1. The van der Waals surface area contributed by atoms with E-state index in [9.17, 15) is 20.0 Å². The second kappa shape index (κ2) is 8.08. The largest absolute Gasteiger partial charge is 0.505 e. The van der Waals surface area contributed by atoms with Crippen LogP contribution in [0.4, 0.5) is 0 Å². The minimum Gasteiger partial charge on any atom is -0.505 e. The minimum absolute atomic E-state index is 0.0848. The normalized spacial score (nSPS) is 10.5. The molecule has 3 N–H and O–H groups in total. The molecular weight excluding hydrogens is 400 g/mol. The smallest absolute Gasteiger partial charge is 0.322 e. The maximum atomic E-state index is 12.2. The number of nitriles is 1. The number of aliphatic carboxylic acids is 1. The predicted molar refractivity (Wildman–Crippen MR) is 103 cm³/mol. The van der Waals surface area contributed by atoms with Crippen LogP contribution in [0.3, 0.4) is 0 Å². The van der Waals surface area contributed by atoms with Crippen LogP contribution in [0.1, 0.15) is 21.7 Å². The van der Waals surface area contributed by atoms with Crippen molar-refractivity contribution in [3.05, 3.63) is 52.4 Å². The van der Waals surface area contributed by atoms with Crippen molar-refractivity contribution in [2.24, 2.45) is 0 Å². The summed E-state index contributed by atoms with van der Waals surface area (Å²) < 4.78 is 6.84. The summed E-state index contributed by atoms with van der Waals surface area (Å²) in [5.74, 6) is -2.07. The number of rotatable bonds is 6. The molecule has 0 aliphatic heterocycles. The third kappa shape index (κ3) is 3.93. The lowest BCUT2D eigenvalue weighted by atomic mass is 10.1. The molecule has 0 aliphatic rings. The van der Waals surface area contributed by atoms with Gasteiger partial charge in [-0.15, -0.1) is 0 Å². The number of aromatic hydroxyl groups is 1. The molecule has 0 fully saturated rings. The van der Waals surface area contributed by atoms with Gasteiger partial charge >= 0.3 is 5.97 Å². The van der Waals surface area contributed by atoms with Crippen LogP contribution < -0.4 is 10.1 Å². The van der Waals surface area contributed by atoms with E-state index < -0.39 is 29.9 Å². The van der Waals surface area contributed by atoms with E-state index in [1.807, 2.05) is 24.3 Å². The summed E-state index contributed by atoms with van der Waals surface area (Å²) in [4.78, 5) is 26.8. The van der Waals surface area contributed by atoms with Gasteiger partial charge in [-0.1, -0.05) is 23.7 Å². The first kappa shape index (κ1) is 20.0. The Kier molecular flexibility index (Phi) is 5.57. The number of amides is 1. The van der Waals surface area contributed by atoms with Gasteiger partial charge in [0.05, 0.1) is 23.0 Å². The van der Waals surface area contributed by atoms with Crippen LogP contribution in [0, 0.1) is 11.3 Å². The van der Waals surface area contributed by atoms with Crippen molar-refractivity contribution in [1.29, 1.82) is 5.26 Å². The molecule has 0 saturated carbocycles. The van der Waals surface area contributed by atoms with Gasteiger partial charge in [0.2, 0.25) is 0 Å². The summed E-state index contributed by atoms with van der Waals surface area (Å²) in [5.41, 5.74) is 0.501. The molecule has 1 amide bonds. The number of methoxy groups -OCH3 is 1. The van der Waals surface area contributed by atoms with E-state index in [1.165, 1.54) is 6.20 Å². The van der Waals surface area contributed by atoms with Gasteiger partial charge in [-0.3, -0.25) is 9.59 Å². The fourth-order valence-electron chi connectivity index (χ4n) is 2.91. The van der Waals surface area contributed by atoms with Crippen LogP contribution in [0.15, 0.2) is 30.5 Å². The molecule has 29 heavy (non-hydrogen) atoms. The highest BCUT2D eigenvalue weighted by Crippen LogP contribution is 2.37. The van der Waals surface area contributed by atoms with E-state index >= 15 is 0 Å². The highest BCUT2D eigenvalue weighted by molar-refractivity contribution is 6.36. The van der Waals surface area contributed by atoms with E-state index in [4.69, 9.17) is 21.4 Å². The van der Waals surface area contributed by atoms with Crippen molar-refractivity contribution in [3.8, 4) is 17.6 Å². The van der Waals surface area contributed by atoms with E-state index in [-0.39, 0.29) is 21.6 Å². The number of carboxylic acid groups (broad SMARTS) is 1. The number of fused-ring (bicyclic) bond motifs is 1. The second-order valence-electron chi connectivity index (χ2n) is 6.03. The lowest BCUT2D eigenvalue weighted by molar-refractivity contribution is -0.135. The van der Waals surface area contributed by atoms with Crippen LogP contribution in [0.25, 0.3) is 10.9 Å². The Labute approximate surface area is 169 Å². The highest BCUT2D eigenvalue weighted by atomic mass is 35.5. The zero-order valence-electron chi connectivity index (χ0n) is 15.1. The van der Waals surface area contributed by atoms with Crippen LogP contribution in [-0.2, 0) is 11.3 Å². The molecule has 2 heterocycles. The van der Waals surface area contributed by atoms with Crippen molar-refractivity contribution < 1.29 is 24.5 Å². The minimum atomic E-state index is -1.26. The molecule has 9 nitrogen and oxygen atoms in total. The first-order chi connectivity index (χ1) is 13.8. The molecule has 10 heteroatoms. The monoisotopic (exact) mass is 414 g/mol. The van der Waals surface area contributed by atoms with Gasteiger partial charge in [0, 0.05) is 12.7 Å². The van der Waals surface area contributed by atoms with Crippen molar-refractivity contribution in [1.82, 2.24) is 14.9 Å².